The summed E-state index contributed by atoms with van der Waals surface area (Å²) < 4.78 is 40.0. The van der Waals surface area contributed by atoms with E-state index in [9.17, 15) is 17.6 Å². The van der Waals surface area contributed by atoms with Crippen LogP contribution in [0.15, 0.2) is 29.2 Å². The molecule has 1 amide bonds. The van der Waals surface area contributed by atoms with E-state index < -0.39 is 15.8 Å². The van der Waals surface area contributed by atoms with Gasteiger partial charge >= 0.3 is 0 Å². The number of nitriles is 2. The number of sulfonamides is 1. The molecule has 0 aliphatic carbocycles. The number of hydrogen-bond acceptors (Lipinski definition) is 6. The molecule has 0 saturated carbocycles. The van der Waals surface area contributed by atoms with Gasteiger partial charge in [0.25, 0.3) is 0 Å². The van der Waals surface area contributed by atoms with E-state index in [1.165, 1.54) is 21.3 Å². The molecule has 1 aliphatic rings. The van der Waals surface area contributed by atoms with Crippen molar-refractivity contribution in [2.75, 3.05) is 45.8 Å². The molecule has 1 aromatic carbocycles. The quantitative estimate of drug-likeness (QED) is 0.624. The van der Waals surface area contributed by atoms with Crippen LogP contribution in [0.4, 0.5) is 4.39 Å². The fraction of sp³-hybridized carbons (Fsp3) is 0.526. The van der Waals surface area contributed by atoms with Gasteiger partial charge in [-0.1, -0.05) is 0 Å². The molecule has 8 nitrogen and oxygen atoms in total. The van der Waals surface area contributed by atoms with Gasteiger partial charge in [0.15, 0.2) is 0 Å². The average molecular weight is 421 g/mol. The maximum atomic E-state index is 13.1. The van der Waals surface area contributed by atoms with Crippen molar-refractivity contribution in [2.45, 2.75) is 24.2 Å². The van der Waals surface area contributed by atoms with E-state index in [1.54, 1.807) is 0 Å². The molecule has 0 unspecified atom stereocenters. The van der Waals surface area contributed by atoms with E-state index in [0.29, 0.717) is 26.1 Å². The van der Waals surface area contributed by atoms with Gasteiger partial charge in [-0.2, -0.15) is 14.8 Å². The molecule has 1 saturated heterocycles. The molecule has 1 aliphatic heterocycles. The maximum Gasteiger partial charge on any atom is 0.243 e. The maximum absolute atomic E-state index is 13.1. The first-order valence-electron chi connectivity index (χ1n) is 9.38. The number of amides is 1. The summed E-state index contributed by atoms with van der Waals surface area (Å²) in [6, 6.07) is 8.73. The highest BCUT2D eigenvalue weighted by Gasteiger charge is 2.28. The van der Waals surface area contributed by atoms with Crippen LogP contribution in [-0.4, -0.2) is 74.2 Å². The van der Waals surface area contributed by atoms with Gasteiger partial charge in [-0.3, -0.25) is 9.69 Å². The smallest absolute Gasteiger partial charge is 0.243 e. The van der Waals surface area contributed by atoms with Crippen LogP contribution in [0, 0.1) is 28.5 Å². The van der Waals surface area contributed by atoms with Crippen LogP contribution in [0.1, 0.15) is 19.3 Å². The molecule has 10 heteroatoms. The molecule has 29 heavy (non-hydrogen) atoms. The van der Waals surface area contributed by atoms with Crippen molar-refractivity contribution in [2.24, 2.45) is 0 Å². The van der Waals surface area contributed by atoms with Gasteiger partial charge in [0, 0.05) is 32.7 Å². The minimum Gasteiger partial charge on any atom is -0.340 e. The predicted molar refractivity (Wildman–Crippen MR) is 103 cm³/mol. The Morgan fingerprint density at radius 3 is 2.24 bits per heavy atom. The molecule has 0 N–H and O–H groups in total. The Labute approximate surface area is 170 Å². The number of rotatable bonds is 8. The predicted octanol–water partition coefficient (Wildman–Crippen LogP) is 1.18. The largest absolute Gasteiger partial charge is 0.340 e. The van der Waals surface area contributed by atoms with Crippen LogP contribution in [0.25, 0.3) is 0 Å². The molecule has 1 aromatic rings. The molecular weight excluding hydrogens is 397 g/mol. The monoisotopic (exact) mass is 421 g/mol. The lowest BCUT2D eigenvalue weighted by molar-refractivity contribution is -0.132. The van der Waals surface area contributed by atoms with E-state index in [4.69, 9.17) is 10.5 Å². The molecule has 0 bridgehead atoms. The second kappa shape index (κ2) is 10.9. The Morgan fingerprint density at radius 1 is 1.03 bits per heavy atom. The minimum atomic E-state index is -3.72. The average Bonchev–Trinajstić information content (AvgIpc) is 2.94. The van der Waals surface area contributed by atoms with Crippen molar-refractivity contribution in [3.63, 3.8) is 0 Å². The Balaban J connectivity index is 1.98. The number of hydrogen-bond donors (Lipinski definition) is 0. The molecule has 0 spiro atoms. The van der Waals surface area contributed by atoms with Gasteiger partial charge in [0.2, 0.25) is 15.9 Å². The summed E-state index contributed by atoms with van der Waals surface area (Å²) in [5.41, 5.74) is 0. The fourth-order valence-corrected chi connectivity index (χ4v) is 4.59. The molecule has 2 rings (SSSR count). The highest BCUT2D eigenvalue weighted by molar-refractivity contribution is 7.89. The number of nitrogens with zero attached hydrogens (tertiary/aromatic N) is 5. The third-order valence-electron chi connectivity index (χ3n) is 4.70. The van der Waals surface area contributed by atoms with Crippen molar-refractivity contribution >= 4 is 15.9 Å². The van der Waals surface area contributed by atoms with Crippen LogP contribution in [0.5, 0.6) is 0 Å². The second-order valence-corrected chi connectivity index (χ2v) is 8.62. The Bertz CT molecular complexity index is 859. The first-order chi connectivity index (χ1) is 13.9. The second-order valence-electron chi connectivity index (χ2n) is 6.68. The van der Waals surface area contributed by atoms with Crippen molar-refractivity contribution in [1.82, 2.24) is 14.1 Å². The molecule has 1 heterocycles. The third-order valence-corrected chi connectivity index (χ3v) is 6.61. The van der Waals surface area contributed by atoms with E-state index >= 15 is 0 Å². The van der Waals surface area contributed by atoms with E-state index in [1.807, 2.05) is 17.0 Å². The number of halogens is 1. The van der Waals surface area contributed by atoms with Gasteiger partial charge in [-0.15, -0.1) is 0 Å². The third kappa shape index (κ3) is 6.50. The normalized spacial score (nSPS) is 15.8. The zero-order valence-electron chi connectivity index (χ0n) is 16.1. The van der Waals surface area contributed by atoms with E-state index in [-0.39, 0.29) is 49.8 Å². The lowest BCUT2D eigenvalue weighted by atomic mass is 10.3. The van der Waals surface area contributed by atoms with E-state index in [2.05, 4.69) is 0 Å². The zero-order valence-corrected chi connectivity index (χ0v) is 16.9. The van der Waals surface area contributed by atoms with Crippen LogP contribution in [-0.2, 0) is 14.8 Å². The highest BCUT2D eigenvalue weighted by Crippen LogP contribution is 2.18. The highest BCUT2D eigenvalue weighted by atomic mass is 32.2. The topological polar surface area (TPSA) is 109 Å². The summed E-state index contributed by atoms with van der Waals surface area (Å²) in [4.78, 5) is 16.0. The molecule has 0 atom stereocenters. The number of carbonyl (C=O) groups excluding carboxylic acids is 1. The Morgan fingerprint density at radius 2 is 1.66 bits per heavy atom. The fourth-order valence-electron chi connectivity index (χ4n) is 3.12. The van der Waals surface area contributed by atoms with Crippen LogP contribution in [0.3, 0.4) is 0 Å². The van der Waals surface area contributed by atoms with Crippen molar-refractivity contribution < 1.29 is 17.6 Å². The van der Waals surface area contributed by atoms with Crippen LogP contribution < -0.4 is 0 Å². The summed E-state index contributed by atoms with van der Waals surface area (Å²) in [5.74, 6) is -0.674. The first-order valence-corrected chi connectivity index (χ1v) is 10.8. The summed E-state index contributed by atoms with van der Waals surface area (Å²) in [7, 11) is -3.72. The SMILES string of the molecule is N#CCCN(CCC#N)C(=O)CN1CCCN(S(=O)(=O)c2ccc(F)cc2)CC1. The summed E-state index contributed by atoms with van der Waals surface area (Å²) in [5, 5.41) is 17.5. The molecular formula is C19H24FN5O3S. The lowest BCUT2D eigenvalue weighted by Gasteiger charge is -2.25. The zero-order chi connectivity index (χ0) is 21.3. The van der Waals surface area contributed by atoms with Gasteiger partial charge in [-0.05, 0) is 37.2 Å². The van der Waals surface area contributed by atoms with Crippen molar-refractivity contribution in [3.8, 4) is 12.1 Å². The van der Waals surface area contributed by atoms with Crippen molar-refractivity contribution in [1.29, 1.82) is 10.5 Å². The summed E-state index contributed by atoms with van der Waals surface area (Å²) >= 11 is 0. The van der Waals surface area contributed by atoms with Gasteiger partial charge < -0.3 is 4.90 Å². The molecule has 156 valence electrons. The van der Waals surface area contributed by atoms with Crippen LogP contribution >= 0.6 is 0 Å². The minimum absolute atomic E-state index is 0.0441. The standard InChI is InChI=1S/C19H24FN5O3S/c20-17-4-6-18(7-5-17)29(27,28)25-13-3-10-23(14-15-25)16-19(26)24(11-1-8-21)12-2-9-22/h4-7H,1-3,10-16H2. The molecule has 1 fully saturated rings. The Hall–Kier alpha value is -2.53. The van der Waals surface area contributed by atoms with Gasteiger partial charge in [0.1, 0.15) is 5.82 Å². The lowest BCUT2D eigenvalue weighted by Crippen LogP contribution is -2.42. The molecule has 0 radical (unpaired) electrons. The molecule has 0 aromatic heterocycles. The van der Waals surface area contributed by atoms with E-state index in [0.717, 1.165) is 12.1 Å². The Kier molecular flexibility index (Phi) is 8.52. The number of carbonyl (C=O) groups is 1. The number of benzene rings is 1. The van der Waals surface area contributed by atoms with Gasteiger partial charge in [-0.25, -0.2) is 12.8 Å². The first kappa shape index (κ1) is 22.8. The van der Waals surface area contributed by atoms with Crippen molar-refractivity contribution in [3.05, 3.63) is 30.1 Å². The van der Waals surface area contributed by atoms with Crippen LogP contribution in [0.2, 0.25) is 0 Å². The summed E-state index contributed by atoms with van der Waals surface area (Å²) in [6.07, 6.45) is 0.950. The van der Waals surface area contributed by atoms with Gasteiger partial charge in [0.05, 0.1) is 36.4 Å². The summed E-state index contributed by atoms with van der Waals surface area (Å²) in [6.45, 7) is 2.15.